The van der Waals surface area contributed by atoms with Crippen molar-refractivity contribution in [1.29, 1.82) is 0 Å². The molecule has 0 saturated carbocycles. The Kier molecular flexibility index (Phi) is 12.3. The SMILES string of the molecule is C=C/C(=C\SC)CN(C(=O)C#[N+]OC)C1CCN([C@H](C)CCNC(=O)c2c(C)cc(Cl)nc2C)CC1. The van der Waals surface area contributed by atoms with Crippen LogP contribution in [0, 0.1) is 19.9 Å². The Morgan fingerprint density at radius 3 is 2.72 bits per heavy atom. The standard InChI is InChI=1S/C26H36ClN5O3S/c1-7-21(17-36-6)16-32(24(33)15-29-35-5)22-9-12-31(13-10-22)19(3)8-11-28-26(34)25-18(2)14-23(27)30-20(25)4/h7,14,17,19,22H,1,8-13,16H2,2-6H3/p+1/b21-17+/t19-/m1/s1. The van der Waals surface area contributed by atoms with Crippen molar-refractivity contribution in [1.82, 2.24) is 20.1 Å². The van der Waals surface area contributed by atoms with Crippen molar-refractivity contribution in [2.75, 3.05) is 39.5 Å². The predicted molar refractivity (Wildman–Crippen MR) is 147 cm³/mol. The Hall–Kier alpha value is -2.54. The molecule has 1 atom stereocenters. The summed E-state index contributed by atoms with van der Waals surface area (Å²) in [7, 11) is 1.39. The Labute approximate surface area is 223 Å². The molecular weight excluding hydrogens is 498 g/mol. The minimum Gasteiger partial charge on any atom is -0.352 e. The summed E-state index contributed by atoms with van der Waals surface area (Å²) in [5.74, 6) is -0.415. The summed E-state index contributed by atoms with van der Waals surface area (Å²) in [6.45, 7) is 12.5. The fourth-order valence-corrected chi connectivity index (χ4v) is 5.21. The maximum atomic E-state index is 12.8. The number of pyridine rings is 1. The first-order chi connectivity index (χ1) is 17.2. The van der Waals surface area contributed by atoms with Gasteiger partial charge in [0.05, 0.1) is 11.3 Å². The summed E-state index contributed by atoms with van der Waals surface area (Å²) in [5.41, 5.74) is 3.01. The van der Waals surface area contributed by atoms with Gasteiger partial charge in [-0.3, -0.25) is 9.59 Å². The number of amides is 2. The van der Waals surface area contributed by atoms with Crippen LogP contribution in [0.15, 0.2) is 29.7 Å². The van der Waals surface area contributed by atoms with Crippen molar-refractivity contribution in [2.24, 2.45) is 0 Å². The summed E-state index contributed by atoms with van der Waals surface area (Å²) in [4.78, 5) is 38.5. The zero-order chi connectivity index (χ0) is 26.7. The number of carbonyl (C=O) groups excluding carboxylic acids is 2. The third-order valence-corrected chi connectivity index (χ3v) is 7.11. The molecule has 2 amide bonds. The highest BCUT2D eigenvalue weighted by Gasteiger charge is 2.31. The van der Waals surface area contributed by atoms with Crippen LogP contribution in [0.3, 0.4) is 0 Å². The molecule has 1 aromatic heterocycles. The number of rotatable bonds is 10. The van der Waals surface area contributed by atoms with E-state index in [2.05, 4.69) is 44.6 Å². The van der Waals surface area contributed by atoms with Crippen LogP contribution in [0.5, 0.6) is 0 Å². The predicted octanol–water partition coefficient (Wildman–Crippen LogP) is 4.48. The average molecular weight is 535 g/mol. The number of halogens is 1. The van der Waals surface area contributed by atoms with E-state index in [9.17, 15) is 9.59 Å². The molecule has 1 fully saturated rings. The molecule has 196 valence electrons. The van der Waals surface area contributed by atoms with Gasteiger partial charge >= 0.3 is 12.0 Å². The lowest BCUT2D eigenvalue weighted by Gasteiger charge is -2.39. The van der Waals surface area contributed by atoms with Gasteiger partial charge in [0.2, 0.25) is 5.01 Å². The summed E-state index contributed by atoms with van der Waals surface area (Å²) in [6, 6.07) is 4.53. The lowest BCUT2D eigenvalue weighted by atomic mass is 10.00. The second-order valence-corrected chi connectivity index (χ2v) is 9.93. The van der Waals surface area contributed by atoms with Gasteiger partial charge in [-0.2, -0.15) is 4.84 Å². The zero-order valence-corrected chi connectivity index (χ0v) is 23.4. The third-order valence-electron chi connectivity index (χ3n) is 6.38. The summed E-state index contributed by atoms with van der Waals surface area (Å²) < 4.78 is 0. The first kappa shape index (κ1) is 29.7. The highest BCUT2D eigenvalue weighted by Crippen LogP contribution is 2.22. The quantitative estimate of drug-likeness (QED) is 0.206. The fourth-order valence-electron chi connectivity index (χ4n) is 4.45. The van der Waals surface area contributed by atoms with Crippen molar-refractivity contribution in [3.8, 4) is 6.07 Å². The third kappa shape index (κ3) is 8.54. The molecule has 0 aliphatic carbocycles. The van der Waals surface area contributed by atoms with E-state index in [0.717, 1.165) is 43.5 Å². The van der Waals surface area contributed by atoms with E-state index >= 15 is 0 Å². The summed E-state index contributed by atoms with van der Waals surface area (Å²) in [5, 5.41) is 8.96. The minimum absolute atomic E-state index is 0.0776. The van der Waals surface area contributed by atoms with Crippen LogP contribution in [-0.2, 0) is 9.63 Å². The number of nitrogens with one attached hydrogen (secondary N) is 1. The van der Waals surface area contributed by atoms with Crippen molar-refractivity contribution >= 4 is 35.2 Å². The van der Waals surface area contributed by atoms with Crippen LogP contribution < -0.4 is 5.32 Å². The van der Waals surface area contributed by atoms with Gasteiger partial charge in [-0.15, -0.1) is 11.8 Å². The molecule has 2 rings (SSSR count). The smallest absolute Gasteiger partial charge is 0.352 e. The number of aryl methyl sites for hydroxylation is 2. The van der Waals surface area contributed by atoms with E-state index in [4.69, 9.17) is 11.6 Å². The van der Waals surface area contributed by atoms with Crippen molar-refractivity contribution in [2.45, 2.75) is 52.1 Å². The molecule has 0 aromatic carbocycles. The largest absolute Gasteiger partial charge is 0.452 e. The van der Waals surface area contributed by atoms with Crippen LogP contribution in [0.1, 0.15) is 47.8 Å². The van der Waals surface area contributed by atoms with E-state index in [1.165, 1.54) is 7.11 Å². The number of piperidine rings is 1. The number of carbonyl (C=O) groups is 2. The van der Waals surface area contributed by atoms with Crippen LogP contribution in [-0.4, -0.2) is 78.2 Å². The Morgan fingerprint density at radius 1 is 1.44 bits per heavy atom. The Morgan fingerprint density at radius 2 is 2.14 bits per heavy atom. The second-order valence-electron chi connectivity index (χ2n) is 8.83. The molecule has 2 heterocycles. The average Bonchev–Trinajstić information content (AvgIpc) is 2.84. The number of hydrogen-bond acceptors (Lipinski definition) is 6. The maximum Gasteiger partial charge on any atom is 0.452 e. The van der Waals surface area contributed by atoms with E-state index < -0.39 is 0 Å². The van der Waals surface area contributed by atoms with Gasteiger partial charge in [0, 0.05) is 38.3 Å². The van der Waals surface area contributed by atoms with Gasteiger partial charge in [0.1, 0.15) is 5.15 Å². The molecule has 10 heteroatoms. The topological polar surface area (TPSA) is 79.1 Å². The molecule has 0 spiro atoms. The first-order valence-electron chi connectivity index (χ1n) is 12.0. The molecule has 1 aliphatic heterocycles. The van der Waals surface area contributed by atoms with E-state index in [1.807, 2.05) is 18.6 Å². The molecule has 1 aromatic rings. The second kappa shape index (κ2) is 14.9. The Balaban J connectivity index is 1.92. The molecule has 1 saturated heterocycles. The van der Waals surface area contributed by atoms with Gasteiger partial charge in [-0.25, -0.2) is 4.98 Å². The molecule has 0 unspecified atom stereocenters. The van der Waals surface area contributed by atoms with Gasteiger partial charge < -0.3 is 15.1 Å². The lowest BCUT2D eigenvalue weighted by Crippen LogP contribution is -2.50. The highest BCUT2D eigenvalue weighted by atomic mass is 35.5. The highest BCUT2D eigenvalue weighted by molar-refractivity contribution is 8.01. The Bertz CT molecular complexity index is 1010. The number of nitrogens with zero attached hydrogens (tertiary/aromatic N) is 4. The zero-order valence-electron chi connectivity index (χ0n) is 21.8. The van der Waals surface area contributed by atoms with E-state index in [0.29, 0.717) is 35.5 Å². The fraction of sp³-hybridized carbons (Fsp3) is 0.538. The summed E-state index contributed by atoms with van der Waals surface area (Å²) >= 11 is 7.56. The molecule has 36 heavy (non-hydrogen) atoms. The normalized spacial score (nSPS) is 15.4. The van der Waals surface area contributed by atoms with Gasteiger partial charge in [0.25, 0.3) is 5.91 Å². The molecule has 8 nitrogen and oxygen atoms in total. The van der Waals surface area contributed by atoms with Gasteiger partial charge in [-0.1, -0.05) is 24.3 Å². The van der Waals surface area contributed by atoms with Crippen molar-refractivity contribution < 1.29 is 14.4 Å². The van der Waals surface area contributed by atoms with E-state index in [-0.39, 0.29) is 17.9 Å². The number of thioether (sulfide) groups is 1. The van der Waals surface area contributed by atoms with Crippen LogP contribution in [0.25, 0.3) is 5.01 Å². The van der Waals surface area contributed by atoms with Crippen LogP contribution >= 0.6 is 23.4 Å². The maximum absolute atomic E-state index is 12.8. The number of hydrogen-bond donors (Lipinski definition) is 1. The van der Waals surface area contributed by atoms with Gasteiger partial charge in [0.15, 0.2) is 7.11 Å². The molecule has 0 bridgehead atoms. The minimum atomic E-state index is -0.290. The number of likely N-dealkylation sites (tertiary alicyclic amines) is 1. The van der Waals surface area contributed by atoms with Crippen molar-refractivity contribution in [3.05, 3.63) is 56.7 Å². The lowest BCUT2D eigenvalue weighted by molar-refractivity contribution is -0.128. The number of aromatic nitrogens is 1. The molecule has 0 radical (unpaired) electrons. The summed E-state index contributed by atoms with van der Waals surface area (Å²) in [6.07, 6.45) is 6.26. The molecular formula is C26H37ClN5O3S+. The first-order valence-corrected chi connectivity index (χ1v) is 13.7. The molecule has 1 N–H and O–H groups in total. The van der Waals surface area contributed by atoms with Crippen LogP contribution in [0.4, 0.5) is 0 Å². The van der Waals surface area contributed by atoms with E-state index in [1.54, 1.807) is 35.7 Å². The van der Waals surface area contributed by atoms with Crippen LogP contribution in [0.2, 0.25) is 5.15 Å². The van der Waals surface area contributed by atoms with Gasteiger partial charge in [-0.05, 0) is 68.9 Å². The van der Waals surface area contributed by atoms with Crippen molar-refractivity contribution in [3.63, 3.8) is 0 Å². The monoisotopic (exact) mass is 534 g/mol. The molecule has 1 aliphatic rings.